The van der Waals surface area contributed by atoms with E-state index in [2.05, 4.69) is 5.32 Å². The Labute approximate surface area is 198 Å². The van der Waals surface area contributed by atoms with Gasteiger partial charge in [-0.15, -0.1) is 0 Å². The lowest BCUT2D eigenvalue weighted by molar-refractivity contribution is -0.142. The predicted molar refractivity (Wildman–Crippen MR) is 127 cm³/mol. The van der Waals surface area contributed by atoms with E-state index in [1.54, 1.807) is 42.5 Å². The molecule has 5 nitrogen and oxygen atoms in total. The second kappa shape index (κ2) is 12.0. The quantitative estimate of drug-likeness (QED) is 0.472. The summed E-state index contributed by atoms with van der Waals surface area (Å²) in [4.78, 5) is 27.7. The van der Waals surface area contributed by atoms with Crippen LogP contribution in [0.5, 0.6) is 5.75 Å². The van der Waals surface area contributed by atoms with Crippen LogP contribution in [0.3, 0.4) is 0 Å². The number of ether oxygens (including phenoxy) is 1. The van der Waals surface area contributed by atoms with Gasteiger partial charge in [-0.1, -0.05) is 60.1 Å². The number of carbonyl (C=O) groups is 2. The summed E-state index contributed by atoms with van der Waals surface area (Å²) in [6.07, 6.45) is 0.286. The molecule has 0 spiro atoms. The number of carbonyl (C=O) groups excluding carboxylic acids is 2. The molecule has 0 heterocycles. The Bertz CT molecular complexity index is 1060. The van der Waals surface area contributed by atoms with Crippen LogP contribution in [0.2, 0.25) is 5.02 Å². The van der Waals surface area contributed by atoms with E-state index in [1.807, 2.05) is 37.3 Å². The molecule has 0 aromatic heterocycles. The first-order valence-electron chi connectivity index (χ1n) is 10.7. The molecule has 0 unspecified atom stereocenters. The zero-order valence-corrected chi connectivity index (χ0v) is 19.1. The SMILES string of the molecule is CCNC(=O)[C@@H](Cc1ccccc1)N(Cc1ccccc1F)C(=O)COc1ccc(Cl)cc1. The van der Waals surface area contributed by atoms with Crippen LogP contribution in [0.25, 0.3) is 0 Å². The topological polar surface area (TPSA) is 58.6 Å². The first kappa shape index (κ1) is 24.3. The number of amides is 2. The molecule has 7 heteroatoms. The van der Waals surface area contributed by atoms with E-state index in [4.69, 9.17) is 16.3 Å². The van der Waals surface area contributed by atoms with Crippen molar-refractivity contribution in [2.75, 3.05) is 13.2 Å². The van der Waals surface area contributed by atoms with Crippen molar-refractivity contribution in [2.45, 2.75) is 25.9 Å². The molecule has 0 bridgehead atoms. The maximum absolute atomic E-state index is 14.5. The van der Waals surface area contributed by atoms with Crippen molar-refractivity contribution < 1.29 is 18.7 Å². The highest BCUT2D eigenvalue weighted by Crippen LogP contribution is 2.19. The molecule has 2 amide bonds. The van der Waals surface area contributed by atoms with E-state index in [9.17, 15) is 14.0 Å². The number of halogens is 2. The lowest BCUT2D eigenvalue weighted by Gasteiger charge is -2.31. The summed E-state index contributed by atoms with van der Waals surface area (Å²) < 4.78 is 20.1. The lowest BCUT2D eigenvalue weighted by atomic mass is 10.0. The number of benzene rings is 3. The van der Waals surface area contributed by atoms with Gasteiger partial charge in [-0.2, -0.15) is 0 Å². The molecule has 0 aliphatic heterocycles. The fourth-order valence-electron chi connectivity index (χ4n) is 3.41. The first-order valence-corrected chi connectivity index (χ1v) is 11.1. The molecule has 0 saturated carbocycles. The van der Waals surface area contributed by atoms with Gasteiger partial charge in [0.1, 0.15) is 17.6 Å². The highest BCUT2D eigenvalue weighted by Gasteiger charge is 2.31. The summed E-state index contributed by atoms with van der Waals surface area (Å²) in [5.74, 6) is -0.711. The Balaban J connectivity index is 1.89. The molecule has 3 rings (SSSR count). The summed E-state index contributed by atoms with van der Waals surface area (Å²) in [6.45, 7) is 1.85. The van der Waals surface area contributed by atoms with Gasteiger partial charge < -0.3 is 15.0 Å². The maximum atomic E-state index is 14.5. The summed E-state index contributed by atoms with van der Waals surface area (Å²) >= 11 is 5.90. The Morgan fingerprint density at radius 3 is 2.33 bits per heavy atom. The summed E-state index contributed by atoms with van der Waals surface area (Å²) in [5, 5.41) is 3.35. The molecule has 0 saturated heterocycles. The van der Waals surface area contributed by atoms with Crippen LogP contribution in [-0.2, 0) is 22.6 Å². The number of rotatable bonds is 10. The van der Waals surface area contributed by atoms with Crippen molar-refractivity contribution >= 4 is 23.4 Å². The number of nitrogens with zero attached hydrogens (tertiary/aromatic N) is 1. The van der Waals surface area contributed by atoms with E-state index in [0.717, 1.165) is 5.56 Å². The van der Waals surface area contributed by atoms with Gasteiger partial charge in [-0.25, -0.2) is 4.39 Å². The van der Waals surface area contributed by atoms with Crippen molar-refractivity contribution in [3.8, 4) is 5.75 Å². The van der Waals surface area contributed by atoms with E-state index < -0.39 is 17.8 Å². The minimum atomic E-state index is -0.840. The maximum Gasteiger partial charge on any atom is 0.261 e. The van der Waals surface area contributed by atoms with Crippen LogP contribution >= 0.6 is 11.6 Å². The number of hydrogen-bond donors (Lipinski definition) is 1. The lowest BCUT2D eigenvalue weighted by Crippen LogP contribution is -2.51. The third kappa shape index (κ3) is 7.05. The van der Waals surface area contributed by atoms with Gasteiger partial charge in [0.05, 0.1) is 0 Å². The standard InChI is InChI=1S/C26H26ClFN2O3/c1-2-29-26(32)24(16-19-8-4-3-5-9-19)30(17-20-10-6-7-11-23(20)28)25(31)18-33-22-14-12-21(27)13-15-22/h3-15,24H,2,16-18H2,1H3,(H,29,32)/t24-/m1/s1. The summed E-state index contributed by atoms with van der Waals surface area (Å²) in [5.41, 5.74) is 1.21. The second-order valence-corrected chi connectivity index (χ2v) is 7.89. The van der Waals surface area contributed by atoms with Crippen molar-refractivity contribution in [1.29, 1.82) is 0 Å². The number of hydrogen-bond acceptors (Lipinski definition) is 3. The molecule has 0 aliphatic rings. The smallest absolute Gasteiger partial charge is 0.261 e. The molecule has 172 valence electrons. The van der Waals surface area contributed by atoms with Crippen LogP contribution < -0.4 is 10.1 Å². The molecule has 0 radical (unpaired) electrons. The van der Waals surface area contributed by atoms with Crippen molar-refractivity contribution in [3.05, 3.63) is 101 Å². The normalized spacial score (nSPS) is 11.5. The minimum Gasteiger partial charge on any atom is -0.484 e. The van der Waals surface area contributed by atoms with Gasteiger partial charge in [0.2, 0.25) is 5.91 Å². The Hall–Kier alpha value is -3.38. The molecule has 0 fully saturated rings. The van der Waals surface area contributed by atoms with Crippen molar-refractivity contribution in [3.63, 3.8) is 0 Å². The van der Waals surface area contributed by atoms with Gasteiger partial charge >= 0.3 is 0 Å². The predicted octanol–water partition coefficient (Wildman–Crippen LogP) is 4.63. The van der Waals surface area contributed by atoms with Gasteiger partial charge in [-0.05, 0) is 42.8 Å². The number of likely N-dealkylation sites (N-methyl/N-ethyl adjacent to an activating group) is 1. The van der Waals surface area contributed by atoms with Crippen LogP contribution in [0, 0.1) is 5.82 Å². The average Bonchev–Trinajstić information content (AvgIpc) is 2.82. The molecule has 3 aromatic rings. The fraction of sp³-hybridized carbons (Fsp3) is 0.231. The largest absolute Gasteiger partial charge is 0.484 e. The summed E-state index contributed by atoms with van der Waals surface area (Å²) in [7, 11) is 0. The molecular weight excluding hydrogens is 443 g/mol. The van der Waals surface area contributed by atoms with E-state index >= 15 is 0 Å². The van der Waals surface area contributed by atoms with Crippen molar-refractivity contribution in [2.24, 2.45) is 0 Å². The third-order valence-corrected chi connectivity index (χ3v) is 5.35. The zero-order chi connectivity index (χ0) is 23.6. The van der Waals surface area contributed by atoms with Crippen LogP contribution in [0.1, 0.15) is 18.1 Å². The van der Waals surface area contributed by atoms with Crippen LogP contribution in [0.4, 0.5) is 4.39 Å². The third-order valence-electron chi connectivity index (χ3n) is 5.10. The Morgan fingerprint density at radius 2 is 1.67 bits per heavy atom. The van der Waals surface area contributed by atoms with Gasteiger partial charge in [0.25, 0.3) is 5.91 Å². The highest BCUT2D eigenvalue weighted by molar-refractivity contribution is 6.30. The molecule has 1 atom stereocenters. The zero-order valence-electron chi connectivity index (χ0n) is 18.3. The summed E-state index contributed by atoms with van der Waals surface area (Å²) in [6, 6.07) is 21.4. The number of nitrogens with one attached hydrogen (secondary N) is 1. The molecule has 1 N–H and O–H groups in total. The Kier molecular flexibility index (Phi) is 8.84. The van der Waals surface area contributed by atoms with Crippen LogP contribution in [0.15, 0.2) is 78.9 Å². The van der Waals surface area contributed by atoms with E-state index in [-0.39, 0.29) is 25.5 Å². The van der Waals surface area contributed by atoms with E-state index in [1.165, 1.54) is 11.0 Å². The second-order valence-electron chi connectivity index (χ2n) is 7.46. The van der Waals surface area contributed by atoms with E-state index in [0.29, 0.717) is 22.9 Å². The Morgan fingerprint density at radius 1 is 1.00 bits per heavy atom. The molecular formula is C26H26ClFN2O3. The molecule has 3 aromatic carbocycles. The minimum absolute atomic E-state index is 0.0654. The van der Waals surface area contributed by atoms with Gasteiger partial charge in [0, 0.05) is 30.1 Å². The average molecular weight is 469 g/mol. The molecule has 33 heavy (non-hydrogen) atoms. The highest BCUT2D eigenvalue weighted by atomic mass is 35.5. The molecule has 0 aliphatic carbocycles. The fourth-order valence-corrected chi connectivity index (χ4v) is 3.54. The first-order chi connectivity index (χ1) is 16.0. The van der Waals surface area contributed by atoms with Crippen LogP contribution in [-0.4, -0.2) is 35.9 Å². The van der Waals surface area contributed by atoms with Gasteiger partial charge in [-0.3, -0.25) is 9.59 Å². The monoisotopic (exact) mass is 468 g/mol. The van der Waals surface area contributed by atoms with Crippen molar-refractivity contribution in [1.82, 2.24) is 10.2 Å². The van der Waals surface area contributed by atoms with Gasteiger partial charge in [0.15, 0.2) is 6.61 Å².